The number of alkyl halides is 1. The summed E-state index contributed by atoms with van der Waals surface area (Å²) in [5.74, 6) is -0.0894. The Morgan fingerprint density at radius 2 is 1.92 bits per heavy atom. The molecule has 0 spiro atoms. The molecule has 1 unspecified atom stereocenters. The number of rotatable bonds is 6. The molecule has 0 amide bonds. The molecule has 0 radical (unpaired) electrons. The lowest BCUT2D eigenvalue weighted by Gasteiger charge is -2.06. The molecule has 0 aliphatic rings. The van der Waals surface area contributed by atoms with Gasteiger partial charge < -0.3 is 5.11 Å². The summed E-state index contributed by atoms with van der Waals surface area (Å²) >= 11 is 5.37. The minimum atomic E-state index is -4.04. The van der Waals surface area contributed by atoms with Gasteiger partial charge in [-0.15, -0.1) is 11.6 Å². The molecule has 0 fully saturated rings. The Balaban J connectivity index is 3.53. The lowest BCUT2D eigenvalue weighted by atomic mass is 10.2. The maximum atomic E-state index is 10.2. The van der Waals surface area contributed by atoms with Crippen molar-refractivity contribution in [3.05, 3.63) is 0 Å². The molecular formula is C6H13ClO4S. The molecule has 0 aromatic rings. The van der Waals surface area contributed by atoms with Gasteiger partial charge in [0.05, 0.1) is 6.10 Å². The van der Waals surface area contributed by atoms with Crippen LogP contribution < -0.4 is 0 Å². The van der Waals surface area contributed by atoms with Gasteiger partial charge in [0.1, 0.15) is 5.75 Å². The zero-order chi connectivity index (χ0) is 9.61. The molecule has 0 rings (SSSR count). The summed E-state index contributed by atoms with van der Waals surface area (Å²) in [5.41, 5.74) is 0. The minimum absolute atomic E-state index is 0.354. The lowest BCUT2D eigenvalue weighted by Crippen LogP contribution is -2.19. The molecule has 0 saturated carbocycles. The molecule has 0 aliphatic carbocycles. The number of unbranched alkanes of at least 4 members (excludes halogenated alkanes) is 1. The normalized spacial score (nSPS) is 14.6. The zero-order valence-electron chi connectivity index (χ0n) is 6.61. The molecule has 74 valence electrons. The fraction of sp³-hybridized carbons (Fsp3) is 1.00. The van der Waals surface area contributed by atoms with E-state index < -0.39 is 22.0 Å². The summed E-state index contributed by atoms with van der Waals surface area (Å²) in [7, 11) is -4.04. The number of aliphatic hydroxyl groups is 1. The number of halogens is 1. The summed E-state index contributed by atoms with van der Waals surface area (Å²) in [6, 6.07) is 0. The predicted octanol–water partition coefficient (Wildman–Crippen LogP) is 0.644. The van der Waals surface area contributed by atoms with E-state index >= 15 is 0 Å². The molecule has 1 atom stereocenters. The van der Waals surface area contributed by atoms with E-state index in [1.165, 1.54) is 0 Å². The van der Waals surface area contributed by atoms with Crippen molar-refractivity contribution in [2.75, 3.05) is 11.6 Å². The first-order chi connectivity index (χ1) is 5.45. The summed E-state index contributed by atoms with van der Waals surface area (Å²) < 4.78 is 28.8. The van der Waals surface area contributed by atoms with E-state index in [9.17, 15) is 8.42 Å². The van der Waals surface area contributed by atoms with Gasteiger partial charge in [-0.1, -0.05) is 0 Å². The second kappa shape index (κ2) is 5.75. The highest BCUT2D eigenvalue weighted by Crippen LogP contribution is 2.03. The first-order valence-electron chi connectivity index (χ1n) is 3.65. The molecule has 0 bridgehead atoms. The molecule has 12 heavy (non-hydrogen) atoms. The van der Waals surface area contributed by atoms with Crippen molar-refractivity contribution in [1.29, 1.82) is 0 Å². The summed E-state index contributed by atoms with van der Waals surface area (Å²) in [6.45, 7) is 0. The van der Waals surface area contributed by atoms with E-state index in [-0.39, 0.29) is 0 Å². The molecule has 0 heterocycles. The minimum Gasteiger partial charge on any atom is -0.392 e. The van der Waals surface area contributed by atoms with Crippen LogP contribution in [0.15, 0.2) is 0 Å². The van der Waals surface area contributed by atoms with Crippen molar-refractivity contribution in [3.63, 3.8) is 0 Å². The van der Waals surface area contributed by atoms with Crippen molar-refractivity contribution in [3.8, 4) is 0 Å². The molecule has 0 saturated heterocycles. The van der Waals surface area contributed by atoms with E-state index in [0.717, 1.165) is 6.42 Å². The Kier molecular flexibility index (Phi) is 5.82. The maximum Gasteiger partial charge on any atom is 0.267 e. The van der Waals surface area contributed by atoms with E-state index in [0.29, 0.717) is 18.7 Å². The zero-order valence-corrected chi connectivity index (χ0v) is 8.18. The van der Waals surface area contributed by atoms with Crippen LogP contribution in [0.2, 0.25) is 0 Å². The van der Waals surface area contributed by atoms with E-state index in [1.54, 1.807) is 0 Å². The molecule has 0 aliphatic heterocycles. The lowest BCUT2D eigenvalue weighted by molar-refractivity contribution is 0.181. The SMILES string of the molecule is O=S(=O)(O)CC(O)CCCCCl. The third-order valence-electron chi connectivity index (χ3n) is 1.32. The number of hydrogen-bond donors (Lipinski definition) is 2. The largest absolute Gasteiger partial charge is 0.392 e. The van der Waals surface area contributed by atoms with Crippen molar-refractivity contribution in [2.24, 2.45) is 0 Å². The smallest absolute Gasteiger partial charge is 0.267 e. The fourth-order valence-corrected chi connectivity index (χ4v) is 1.64. The van der Waals surface area contributed by atoms with E-state index in [2.05, 4.69) is 0 Å². The monoisotopic (exact) mass is 216 g/mol. The Morgan fingerprint density at radius 1 is 1.33 bits per heavy atom. The van der Waals surface area contributed by atoms with Crippen LogP contribution in [-0.2, 0) is 10.1 Å². The van der Waals surface area contributed by atoms with Crippen LogP contribution in [0.3, 0.4) is 0 Å². The first-order valence-corrected chi connectivity index (χ1v) is 5.79. The topological polar surface area (TPSA) is 74.6 Å². The molecule has 4 nitrogen and oxygen atoms in total. The number of aliphatic hydroxyl groups excluding tert-OH is 1. The Bertz CT molecular complexity index is 202. The van der Waals surface area contributed by atoms with Crippen LogP contribution in [0, 0.1) is 0 Å². The first kappa shape index (κ1) is 12.2. The van der Waals surface area contributed by atoms with Gasteiger partial charge >= 0.3 is 0 Å². The second-order valence-electron chi connectivity index (χ2n) is 2.59. The average molecular weight is 217 g/mol. The van der Waals surface area contributed by atoms with Crippen molar-refractivity contribution in [1.82, 2.24) is 0 Å². The highest BCUT2D eigenvalue weighted by atomic mass is 35.5. The van der Waals surface area contributed by atoms with Gasteiger partial charge in [0.15, 0.2) is 0 Å². The van der Waals surface area contributed by atoms with Crippen LogP contribution in [0.5, 0.6) is 0 Å². The van der Waals surface area contributed by atoms with E-state index in [1.807, 2.05) is 0 Å². The Morgan fingerprint density at radius 3 is 2.33 bits per heavy atom. The van der Waals surface area contributed by atoms with Gasteiger partial charge in [0, 0.05) is 5.88 Å². The molecule has 6 heteroatoms. The van der Waals surface area contributed by atoms with Crippen LogP contribution in [0.25, 0.3) is 0 Å². The van der Waals surface area contributed by atoms with Gasteiger partial charge in [-0.05, 0) is 19.3 Å². The molecular weight excluding hydrogens is 204 g/mol. The van der Waals surface area contributed by atoms with Crippen LogP contribution in [0.1, 0.15) is 19.3 Å². The third kappa shape index (κ3) is 8.26. The average Bonchev–Trinajstić information content (AvgIpc) is 1.84. The standard InChI is InChI=1S/C6H13ClO4S/c7-4-2-1-3-6(8)5-12(9,10)11/h6,8H,1-5H2,(H,9,10,11). The highest BCUT2D eigenvalue weighted by molar-refractivity contribution is 7.85. The van der Waals surface area contributed by atoms with Gasteiger partial charge in [0.25, 0.3) is 10.1 Å². The maximum absolute atomic E-state index is 10.2. The third-order valence-corrected chi connectivity index (χ3v) is 2.40. The van der Waals surface area contributed by atoms with Crippen LogP contribution >= 0.6 is 11.6 Å². The van der Waals surface area contributed by atoms with Crippen LogP contribution in [0.4, 0.5) is 0 Å². The Hall–Kier alpha value is 0.160. The van der Waals surface area contributed by atoms with Gasteiger partial charge in [-0.25, -0.2) is 0 Å². The predicted molar refractivity (Wildman–Crippen MR) is 47.0 cm³/mol. The van der Waals surface area contributed by atoms with E-state index in [4.69, 9.17) is 21.3 Å². The summed E-state index contributed by atoms with van der Waals surface area (Å²) in [4.78, 5) is 0. The number of hydrogen-bond acceptors (Lipinski definition) is 3. The molecule has 0 aromatic heterocycles. The highest BCUT2D eigenvalue weighted by Gasteiger charge is 2.12. The van der Waals surface area contributed by atoms with Gasteiger partial charge in [0.2, 0.25) is 0 Å². The summed E-state index contributed by atoms with van der Waals surface area (Å²) in [5, 5.41) is 9.03. The molecule has 0 aromatic carbocycles. The van der Waals surface area contributed by atoms with Crippen molar-refractivity contribution >= 4 is 21.7 Å². The van der Waals surface area contributed by atoms with Crippen molar-refractivity contribution in [2.45, 2.75) is 25.4 Å². The molecule has 2 N–H and O–H groups in total. The van der Waals surface area contributed by atoms with Gasteiger partial charge in [-0.3, -0.25) is 4.55 Å². The summed E-state index contributed by atoms with van der Waals surface area (Å²) in [6.07, 6.45) is 0.778. The van der Waals surface area contributed by atoms with Crippen LogP contribution in [-0.4, -0.2) is 35.8 Å². The second-order valence-corrected chi connectivity index (χ2v) is 4.46. The van der Waals surface area contributed by atoms with Gasteiger partial charge in [-0.2, -0.15) is 8.42 Å². The van der Waals surface area contributed by atoms with Crippen molar-refractivity contribution < 1.29 is 18.1 Å². The Labute approximate surface area is 77.3 Å². The quantitative estimate of drug-likeness (QED) is 0.388. The fourth-order valence-electron chi connectivity index (χ4n) is 0.801.